The van der Waals surface area contributed by atoms with E-state index < -0.39 is 0 Å². The first-order valence-electron chi connectivity index (χ1n) is 8.59. The van der Waals surface area contributed by atoms with Crippen LogP contribution in [0.3, 0.4) is 0 Å². The Bertz CT molecular complexity index is 854. The number of fused-ring (bicyclic) bond motifs is 1. The molecule has 1 aromatic carbocycles. The van der Waals surface area contributed by atoms with Crippen molar-refractivity contribution in [3.63, 3.8) is 0 Å². The number of nitrogens with one attached hydrogen (secondary N) is 2. The molecule has 2 heterocycles. The average molecular weight is 336 g/mol. The van der Waals surface area contributed by atoms with Gasteiger partial charge in [-0.2, -0.15) is 0 Å². The molecule has 25 heavy (non-hydrogen) atoms. The molecule has 6 heteroatoms. The topological polar surface area (TPSA) is 79.9 Å². The van der Waals surface area contributed by atoms with Crippen LogP contribution in [-0.4, -0.2) is 33.0 Å². The highest BCUT2D eigenvalue weighted by Gasteiger charge is 2.25. The lowest BCUT2D eigenvalue weighted by Crippen LogP contribution is -2.39. The summed E-state index contributed by atoms with van der Waals surface area (Å²) in [4.78, 5) is 23.9. The molecule has 1 aliphatic rings. The highest BCUT2D eigenvalue weighted by Crippen LogP contribution is 2.24. The Morgan fingerprint density at radius 2 is 2.00 bits per heavy atom. The third kappa shape index (κ3) is 3.47. The van der Waals surface area contributed by atoms with Crippen LogP contribution in [0, 0.1) is 0 Å². The van der Waals surface area contributed by atoms with Gasteiger partial charge in [-0.25, -0.2) is 4.98 Å². The molecular formula is C19H20N4O2. The van der Waals surface area contributed by atoms with Gasteiger partial charge in [-0.05, 0) is 31.7 Å². The fraction of sp³-hybridized carbons (Fsp3) is 0.316. The first kappa shape index (κ1) is 15.6. The number of hydrogen-bond donors (Lipinski definition) is 2. The summed E-state index contributed by atoms with van der Waals surface area (Å²) in [6, 6.07) is 8.02. The molecule has 1 aliphatic carbocycles. The van der Waals surface area contributed by atoms with Crippen molar-refractivity contribution >= 4 is 16.8 Å². The summed E-state index contributed by atoms with van der Waals surface area (Å²) in [6.07, 6.45) is 10.4. The third-order valence-corrected chi connectivity index (χ3v) is 4.67. The molecule has 6 nitrogen and oxygen atoms in total. The van der Waals surface area contributed by atoms with Gasteiger partial charge in [-0.3, -0.25) is 9.78 Å². The van der Waals surface area contributed by atoms with Gasteiger partial charge in [0.2, 0.25) is 5.88 Å². The summed E-state index contributed by atoms with van der Waals surface area (Å²) in [6.45, 7) is 0. The highest BCUT2D eigenvalue weighted by molar-refractivity contribution is 6.06. The Balaban J connectivity index is 1.33. The largest absolute Gasteiger partial charge is 0.473 e. The number of amides is 1. The van der Waals surface area contributed by atoms with Crippen LogP contribution in [0.5, 0.6) is 5.88 Å². The lowest BCUT2D eigenvalue weighted by molar-refractivity contribution is 0.0891. The van der Waals surface area contributed by atoms with Gasteiger partial charge in [0.05, 0.1) is 11.8 Å². The van der Waals surface area contributed by atoms with Crippen LogP contribution in [0.1, 0.15) is 36.0 Å². The standard InChI is InChI=1S/C19H20N4O2/c24-19(16-11-22-17-4-2-1-3-15(16)17)23-13-5-7-14(8-6-13)25-18-12-20-9-10-21-18/h1-4,9-14,22H,5-8H2,(H,23,24). The fourth-order valence-corrected chi connectivity index (χ4v) is 3.36. The van der Waals surface area contributed by atoms with Gasteiger partial charge >= 0.3 is 0 Å². The van der Waals surface area contributed by atoms with Crippen LogP contribution in [0.15, 0.2) is 49.1 Å². The smallest absolute Gasteiger partial charge is 0.253 e. The molecule has 0 spiro atoms. The molecule has 0 unspecified atom stereocenters. The molecule has 4 rings (SSSR count). The predicted octanol–water partition coefficient (Wildman–Crippen LogP) is 3.08. The highest BCUT2D eigenvalue weighted by atomic mass is 16.5. The lowest BCUT2D eigenvalue weighted by Gasteiger charge is -2.29. The van der Waals surface area contributed by atoms with Gasteiger partial charge in [0.25, 0.3) is 5.91 Å². The number of ether oxygens (including phenoxy) is 1. The van der Waals surface area contributed by atoms with Crippen LogP contribution in [0.25, 0.3) is 10.9 Å². The second-order valence-electron chi connectivity index (χ2n) is 6.36. The number of para-hydroxylation sites is 1. The molecule has 0 saturated heterocycles. The summed E-state index contributed by atoms with van der Waals surface area (Å²) in [5, 5.41) is 4.11. The van der Waals surface area contributed by atoms with Gasteiger partial charge in [-0.15, -0.1) is 0 Å². The van der Waals surface area contributed by atoms with Gasteiger partial charge in [0.15, 0.2) is 0 Å². The maximum Gasteiger partial charge on any atom is 0.253 e. The predicted molar refractivity (Wildman–Crippen MR) is 94.5 cm³/mol. The van der Waals surface area contributed by atoms with E-state index in [2.05, 4.69) is 20.3 Å². The number of aromatic nitrogens is 3. The zero-order chi connectivity index (χ0) is 17.1. The van der Waals surface area contributed by atoms with Crippen molar-refractivity contribution in [1.29, 1.82) is 0 Å². The van der Waals surface area contributed by atoms with E-state index >= 15 is 0 Å². The van der Waals surface area contributed by atoms with Crippen molar-refractivity contribution in [1.82, 2.24) is 20.3 Å². The SMILES string of the molecule is O=C(NC1CCC(Oc2cnccn2)CC1)c1c[nH]c2ccccc12. The summed E-state index contributed by atoms with van der Waals surface area (Å²) in [5.41, 5.74) is 1.68. The quantitative estimate of drug-likeness (QED) is 0.767. The van der Waals surface area contributed by atoms with Gasteiger partial charge in [-0.1, -0.05) is 18.2 Å². The van der Waals surface area contributed by atoms with E-state index in [-0.39, 0.29) is 18.1 Å². The molecule has 0 atom stereocenters. The number of H-pyrrole nitrogens is 1. The zero-order valence-electron chi connectivity index (χ0n) is 13.8. The minimum atomic E-state index is -0.0178. The minimum Gasteiger partial charge on any atom is -0.473 e. The molecule has 0 aliphatic heterocycles. The number of hydrogen-bond acceptors (Lipinski definition) is 4. The monoisotopic (exact) mass is 336 g/mol. The number of nitrogens with zero attached hydrogens (tertiary/aromatic N) is 2. The lowest BCUT2D eigenvalue weighted by atomic mass is 9.92. The van der Waals surface area contributed by atoms with Crippen LogP contribution < -0.4 is 10.1 Å². The van der Waals surface area contributed by atoms with E-state index in [4.69, 9.17) is 4.74 Å². The molecule has 128 valence electrons. The van der Waals surface area contributed by atoms with E-state index in [9.17, 15) is 4.79 Å². The Labute approximate surface area is 145 Å². The van der Waals surface area contributed by atoms with Gasteiger partial charge in [0, 0.05) is 35.5 Å². The van der Waals surface area contributed by atoms with Crippen LogP contribution in [0.4, 0.5) is 0 Å². The maximum atomic E-state index is 12.6. The van der Waals surface area contributed by atoms with Crippen LogP contribution in [-0.2, 0) is 0 Å². The summed E-state index contributed by atoms with van der Waals surface area (Å²) < 4.78 is 5.85. The molecule has 2 aromatic heterocycles. The van der Waals surface area contributed by atoms with Crippen molar-refractivity contribution < 1.29 is 9.53 Å². The minimum absolute atomic E-state index is 0.0178. The molecule has 2 N–H and O–H groups in total. The van der Waals surface area contributed by atoms with E-state index in [1.807, 2.05) is 24.3 Å². The maximum absolute atomic E-state index is 12.6. The molecular weight excluding hydrogens is 316 g/mol. The number of carbonyl (C=O) groups is 1. The van der Waals surface area contributed by atoms with Gasteiger partial charge in [0.1, 0.15) is 6.10 Å². The Morgan fingerprint density at radius 3 is 2.80 bits per heavy atom. The number of carbonyl (C=O) groups excluding carboxylic acids is 1. The number of rotatable bonds is 4. The molecule has 0 radical (unpaired) electrons. The Hall–Kier alpha value is -2.89. The average Bonchev–Trinajstić information content (AvgIpc) is 3.08. The van der Waals surface area contributed by atoms with Crippen molar-refractivity contribution in [3.05, 3.63) is 54.6 Å². The van der Waals surface area contributed by atoms with E-state index in [0.717, 1.165) is 36.6 Å². The second-order valence-corrected chi connectivity index (χ2v) is 6.36. The fourth-order valence-electron chi connectivity index (χ4n) is 3.36. The molecule has 3 aromatic rings. The zero-order valence-corrected chi connectivity index (χ0v) is 13.8. The van der Waals surface area contributed by atoms with Crippen molar-refractivity contribution in [2.24, 2.45) is 0 Å². The van der Waals surface area contributed by atoms with Crippen LogP contribution in [0.2, 0.25) is 0 Å². The Morgan fingerprint density at radius 1 is 1.16 bits per heavy atom. The van der Waals surface area contributed by atoms with Gasteiger partial charge < -0.3 is 15.0 Å². The van der Waals surface area contributed by atoms with Crippen LogP contribution >= 0.6 is 0 Å². The summed E-state index contributed by atoms with van der Waals surface area (Å²) in [5.74, 6) is 0.546. The van der Waals surface area contributed by atoms with E-state index in [1.54, 1.807) is 24.8 Å². The number of aromatic amines is 1. The van der Waals surface area contributed by atoms with Crippen molar-refractivity contribution in [2.75, 3.05) is 0 Å². The summed E-state index contributed by atoms with van der Waals surface area (Å²) in [7, 11) is 0. The molecule has 1 saturated carbocycles. The Kier molecular flexibility index (Phi) is 4.33. The second kappa shape index (κ2) is 6.93. The molecule has 0 bridgehead atoms. The molecule has 1 amide bonds. The normalized spacial score (nSPS) is 20.3. The molecule has 1 fully saturated rings. The number of benzene rings is 1. The first-order valence-corrected chi connectivity index (χ1v) is 8.59. The first-order chi connectivity index (χ1) is 12.3. The third-order valence-electron chi connectivity index (χ3n) is 4.67. The van der Waals surface area contributed by atoms with Crippen molar-refractivity contribution in [3.8, 4) is 5.88 Å². The summed E-state index contributed by atoms with van der Waals surface area (Å²) >= 11 is 0. The van der Waals surface area contributed by atoms with E-state index in [1.165, 1.54) is 0 Å². The van der Waals surface area contributed by atoms with Crippen molar-refractivity contribution in [2.45, 2.75) is 37.8 Å². The van der Waals surface area contributed by atoms with E-state index in [0.29, 0.717) is 11.4 Å².